The zero-order valence-corrected chi connectivity index (χ0v) is 16.7. The predicted molar refractivity (Wildman–Crippen MR) is 106 cm³/mol. The molecule has 3 atom stereocenters. The lowest BCUT2D eigenvalue weighted by Gasteiger charge is -2.28. The van der Waals surface area contributed by atoms with Crippen LogP contribution in [0.3, 0.4) is 0 Å². The molecule has 0 N–H and O–H groups in total. The van der Waals surface area contributed by atoms with Crippen molar-refractivity contribution in [3.63, 3.8) is 0 Å². The quantitative estimate of drug-likeness (QED) is 0.637. The van der Waals surface area contributed by atoms with E-state index in [2.05, 4.69) is 0 Å². The average molecular weight is 368 g/mol. The number of esters is 2. The summed E-state index contributed by atoms with van der Waals surface area (Å²) in [5, 5.41) is 0. The van der Waals surface area contributed by atoms with E-state index in [0.717, 1.165) is 11.1 Å². The van der Waals surface area contributed by atoms with Gasteiger partial charge in [-0.2, -0.15) is 0 Å². The van der Waals surface area contributed by atoms with Gasteiger partial charge >= 0.3 is 11.9 Å². The lowest BCUT2D eigenvalue weighted by Crippen LogP contribution is -2.34. The summed E-state index contributed by atoms with van der Waals surface area (Å²) in [7, 11) is 0. The Bertz CT molecular complexity index is 762. The molecule has 0 saturated carbocycles. The zero-order chi connectivity index (χ0) is 20.0. The summed E-state index contributed by atoms with van der Waals surface area (Å²) in [6.07, 6.45) is -0.0697. The average Bonchev–Trinajstić information content (AvgIpc) is 2.66. The first kappa shape index (κ1) is 20.7. The van der Waals surface area contributed by atoms with Crippen molar-refractivity contribution in [1.82, 2.24) is 0 Å². The predicted octanol–water partition coefficient (Wildman–Crippen LogP) is 5.12. The first-order valence-corrected chi connectivity index (χ1v) is 9.37. The highest BCUT2D eigenvalue weighted by Crippen LogP contribution is 2.21. The van der Waals surface area contributed by atoms with Crippen molar-refractivity contribution in [1.29, 1.82) is 0 Å². The van der Waals surface area contributed by atoms with Crippen molar-refractivity contribution >= 4 is 11.9 Å². The Kier molecular flexibility index (Phi) is 7.17. The summed E-state index contributed by atoms with van der Waals surface area (Å²) >= 11 is 0. The van der Waals surface area contributed by atoms with E-state index in [1.54, 1.807) is 24.3 Å². The van der Waals surface area contributed by atoms with Gasteiger partial charge in [0.15, 0.2) is 0 Å². The van der Waals surface area contributed by atoms with Gasteiger partial charge in [-0.15, -0.1) is 0 Å². The molecule has 4 nitrogen and oxygen atoms in total. The third kappa shape index (κ3) is 5.68. The highest BCUT2D eigenvalue weighted by molar-refractivity contribution is 5.90. The Morgan fingerprint density at radius 3 is 1.59 bits per heavy atom. The van der Waals surface area contributed by atoms with Crippen molar-refractivity contribution in [2.45, 2.75) is 53.2 Å². The van der Waals surface area contributed by atoms with Gasteiger partial charge in [-0.3, -0.25) is 0 Å². The maximum absolute atomic E-state index is 12.4. The molecule has 27 heavy (non-hydrogen) atoms. The fourth-order valence-electron chi connectivity index (χ4n) is 2.79. The van der Waals surface area contributed by atoms with Gasteiger partial charge in [0.05, 0.1) is 11.1 Å². The van der Waals surface area contributed by atoms with Gasteiger partial charge in [0.25, 0.3) is 0 Å². The van der Waals surface area contributed by atoms with Gasteiger partial charge in [-0.25, -0.2) is 9.59 Å². The molecule has 0 aliphatic rings. The van der Waals surface area contributed by atoms with Crippen LogP contribution in [0.5, 0.6) is 0 Å². The van der Waals surface area contributed by atoms with E-state index in [9.17, 15) is 9.59 Å². The van der Waals surface area contributed by atoms with E-state index >= 15 is 0 Å². The highest BCUT2D eigenvalue weighted by atomic mass is 16.6. The maximum atomic E-state index is 12.4. The Morgan fingerprint density at radius 2 is 1.19 bits per heavy atom. The Hall–Kier alpha value is -2.62. The molecule has 0 saturated heterocycles. The van der Waals surface area contributed by atoms with Gasteiger partial charge < -0.3 is 9.47 Å². The molecule has 0 aromatic heterocycles. The molecule has 2 rings (SSSR count). The second kappa shape index (κ2) is 9.36. The SMILES string of the molecule is CCC(OC(=O)c1ccc(C)cc1)C(C)C(C)OC(=O)c1ccc(C)cc1. The number of benzene rings is 2. The topological polar surface area (TPSA) is 52.6 Å². The molecule has 0 bridgehead atoms. The number of carbonyl (C=O) groups is 2. The van der Waals surface area contributed by atoms with E-state index < -0.39 is 0 Å². The van der Waals surface area contributed by atoms with Crippen LogP contribution in [0.2, 0.25) is 0 Å². The summed E-state index contributed by atoms with van der Waals surface area (Å²) in [5.74, 6) is -0.848. The highest BCUT2D eigenvalue weighted by Gasteiger charge is 2.28. The summed E-state index contributed by atoms with van der Waals surface area (Å²) in [6.45, 7) is 9.66. The van der Waals surface area contributed by atoms with Gasteiger partial charge in [0.1, 0.15) is 12.2 Å². The molecule has 2 aromatic rings. The van der Waals surface area contributed by atoms with Crippen LogP contribution in [0.15, 0.2) is 48.5 Å². The number of hydrogen-bond donors (Lipinski definition) is 0. The van der Waals surface area contributed by atoms with Gasteiger partial charge in [0, 0.05) is 5.92 Å². The third-order valence-corrected chi connectivity index (χ3v) is 4.86. The summed E-state index contributed by atoms with van der Waals surface area (Å²) < 4.78 is 11.3. The van der Waals surface area contributed by atoms with E-state index in [4.69, 9.17) is 9.47 Å². The largest absolute Gasteiger partial charge is 0.459 e. The summed E-state index contributed by atoms with van der Waals surface area (Å²) in [5.41, 5.74) is 3.21. The second-order valence-electron chi connectivity index (χ2n) is 7.05. The van der Waals surface area contributed by atoms with Gasteiger partial charge in [-0.05, 0) is 51.5 Å². The van der Waals surface area contributed by atoms with E-state index in [1.165, 1.54) is 0 Å². The lowest BCUT2D eigenvalue weighted by molar-refractivity contribution is -0.0238. The lowest BCUT2D eigenvalue weighted by atomic mass is 9.96. The molecule has 0 fully saturated rings. The number of aryl methyl sites for hydroxylation is 2. The molecule has 2 aromatic carbocycles. The summed E-state index contributed by atoms with van der Waals surface area (Å²) in [4.78, 5) is 24.7. The van der Waals surface area contributed by atoms with Crippen molar-refractivity contribution in [2.75, 3.05) is 0 Å². The third-order valence-electron chi connectivity index (χ3n) is 4.86. The first-order valence-electron chi connectivity index (χ1n) is 9.37. The molecule has 0 spiro atoms. The van der Waals surface area contributed by atoms with Crippen LogP contribution in [0.25, 0.3) is 0 Å². The Balaban J connectivity index is 1.98. The van der Waals surface area contributed by atoms with Crippen LogP contribution in [-0.2, 0) is 9.47 Å². The zero-order valence-electron chi connectivity index (χ0n) is 16.7. The standard InChI is InChI=1S/C23H28O4/c1-6-21(27-23(25)20-13-9-16(3)10-14-20)17(4)18(5)26-22(24)19-11-7-15(2)8-12-19/h7-14,17-18,21H,6H2,1-5H3. The molecule has 0 amide bonds. The van der Waals surface area contributed by atoms with Crippen molar-refractivity contribution in [3.05, 3.63) is 70.8 Å². The number of rotatable bonds is 7. The minimum Gasteiger partial charge on any atom is -0.459 e. The smallest absolute Gasteiger partial charge is 0.338 e. The first-order chi connectivity index (χ1) is 12.8. The normalized spacial score (nSPS) is 14.1. The van der Waals surface area contributed by atoms with Crippen LogP contribution in [-0.4, -0.2) is 24.1 Å². The van der Waals surface area contributed by atoms with Gasteiger partial charge in [-0.1, -0.05) is 49.2 Å². The number of ether oxygens (including phenoxy) is 2. The van der Waals surface area contributed by atoms with Crippen molar-refractivity contribution in [2.24, 2.45) is 5.92 Å². The maximum Gasteiger partial charge on any atom is 0.338 e. The summed E-state index contributed by atoms with van der Waals surface area (Å²) in [6, 6.07) is 14.5. The molecule has 0 aliphatic carbocycles. The van der Waals surface area contributed by atoms with Crippen LogP contribution < -0.4 is 0 Å². The molecule has 3 unspecified atom stereocenters. The Labute approximate surface area is 161 Å². The molecule has 144 valence electrons. The van der Waals surface area contributed by atoms with E-state index in [0.29, 0.717) is 17.5 Å². The van der Waals surface area contributed by atoms with Gasteiger partial charge in [0.2, 0.25) is 0 Å². The van der Waals surface area contributed by atoms with Crippen molar-refractivity contribution < 1.29 is 19.1 Å². The minimum absolute atomic E-state index is 0.126. The molecule has 0 radical (unpaired) electrons. The van der Waals surface area contributed by atoms with E-state index in [1.807, 2.05) is 58.9 Å². The number of hydrogen-bond acceptors (Lipinski definition) is 4. The Morgan fingerprint density at radius 1 is 0.778 bits per heavy atom. The van der Waals surface area contributed by atoms with Crippen LogP contribution in [0.1, 0.15) is 59.0 Å². The van der Waals surface area contributed by atoms with Crippen LogP contribution in [0, 0.1) is 19.8 Å². The van der Waals surface area contributed by atoms with Crippen molar-refractivity contribution in [3.8, 4) is 0 Å². The molecule has 4 heteroatoms. The monoisotopic (exact) mass is 368 g/mol. The second-order valence-corrected chi connectivity index (χ2v) is 7.05. The fourth-order valence-corrected chi connectivity index (χ4v) is 2.79. The molecular weight excluding hydrogens is 340 g/mol. The molecular formula is C23H28O4. The van der Waals surface area contributed by atoms with Crippen LogP contribution >= 0.6 is 0 Å². The number of carbonyl (C=O) groups excluding carboxylic acids is 2. The fraction of sp³-hybridized carbons (Fsp3) is 0.391. The van der Waals surface area contributed by atoms with Crippen LogP contribution in [0.4, 0.5) is 0 Å². The molecule has 0 aliphatic heterocycles. The molecule has 0 heterocycles. The minimum atomic E-state index is -0.380. The van der Waals surface area contributed by atoms with E-state index in [-0.39, 0.29) is 30.1 Å².